The van der Waals surface area contributed by atoms with E-state index in [0.717, 1.165) is 6.04 Å². The van der Waals surface area contributed by atoms with Gasteiger partial charge in [0.25, 0.3) is 0 Å². The van der Waals surface area contributed by atoms with Crippen LogP contribution in [0, 0.1) is 0 Å². The molecule has 2 nitrogen and oxygen atoms in total. The van der Waals surface area contributed by atoms with Gasteiger partial charge < -0.3 is 5.32 Å². The van der Waals surface area contributed by atoms with Crippen LogP contribution in [0.1, 0.15) is 71.1 Å². The fourth-order valence-corrected chi connectivity index (χ4v) is 6.00. The Kier molecular flexibility index (Phi) is 5.23. The highest BCUT2D eigenvalue weighted by atomic mass is 32.2. The fraction of sp³-hybridized carbons (Fsp3) is 1.00. The molecule has 1 heterocycles. The molecule has 3 aliphatic rings. The molecular formula is C18H34N2S. The smallest absolute Gasteiger partial charge is 0.0309 e. The Morgan fingerprint density at radius 1 is 1.05 bits per heavy atom. The number of piperazine rings is 1. The minimum absolute atomic E-state index is 0.460. The van der Waals surface area contributed by atoms with Crippen molar-refractivity contribution < 1.29 is 0 Å². The maximum absolute atomic E-state index is 3.97. The van der Waals surface area contributed by atoms with Crippen molar-refractivity contribution in [1.82, 2.24) is 10.2 Å². The number of hydrogen-bond acceptors (Lipinski definition) is 3. The van der Waals surface area contributed by atoms with Gasteiger partial charge >= 0.3 is 0 Å². The van der Waals surface area contributed by atoms with Gasteiger partial charge in [0.1, 0.15) is 0 Å². The summed E-state index contributed by atoms with van der Waals surface area (Å²) in [5, 5.41) is 3.97. The third-order valence-electron chi connectivity index (χ3n) is 6.46. The third kappa shape index (κ3) is 3.45. The standard InChI is InChI=1S/C18H34N2S/c1-3-16-13-19-17(9-5-4-6-10-17)14-20(16)15-18(21-2)11-7-8-12-18/h16,19H,3-15H2,1-2H3. The number of thioether (sulfide) groups is 1. The minimum Gasteiger partial charge on any atom is -0.308 e. The van der Waals surface area contributed by atoms with Crippen LogP contribution in [0.5, 0.6) is 0 Å². The first-order chi connectivity index (χ1) is 10.2. The van der Waals surface area contributed by atoms with Crippen LogP contribution >= 0.6 is 11.8 Å². The molecule has 0 bridgehead atoms. The van der Waals surface area contributed by atoms with Gasteiger partial charge in [-0.25, -0.2) is 0 Å². The van der Waals surface area contributed by atoms with Gasteiger partial charge in [-0.2, -0.15) is 11.8 Å². The second kappa shape index (κ2) is 6.80. The summed E-state index contributed by atoms with van der Waals surface area (Å²) in [6, 6.07) is 0.766. The average Bonchev–Trinajstić information content (AvgIpc) is 2.98. The Labute approximate surface area is 135 Å². The first-order valence-electron chi connectivity index (χ1n) is 9.25. The molecule has 1 spiro atoms. The van der Waals surface area contributed by atoms with E-state index in [4.69, 9.17) is 0 Å². The molecule has 0 amide bonds. The summed E-state index contributed by atoms with van der Waals surface area (Å²) in [6.45, 7) is 6.25. The van der Waals surface area contributed by atoms with Crippen molar-refractivity contribution in [1.29, 1.82) is 0 Å². The monoisotopic (exact) mass is 310 g/mol. The highest BCUT2D eigenvalue weighted by Gasteiger charge is 2.43. The average molecular weight is 311 g/mol. The molecule has 3 rings (SSSR count). The Hall–Kier alpha value is 0.270. The SMILES string of the molecule is CCC1CNC2(CCCCC2)CN1CC1(SC)CCCC1. The van der Waals surface area contributed by atoms with Crippen molar-refractivity contribution in [2.75, 3.05) is 25.9 Å². The number of hydrogen-bond donors (Lipinski definition) is 1. The van der Waals surface area contributed by atoms with Gasteiger partial charge in [0.2, 0.25) is 0 Å². The Morgan fingerprint density at radius 3 is 2.33 bits per heavy atom. The third-order valence-corrected chi connectivity index (χ3v) is 7.86. The van der Waals surface area contributed by atoms with E-state index in [9.17, 15) is 0 Å². The van der Waals surface area contributed by atoms with Gasteiger partial charge in [0.15, 0.2) is 0 Å². The minimum atomic E-state index is 0.460. The van der Waals surface area contributed by atoms with E-state index in [1.807, 2.05) is 0 Å². The zero-order valence-corrected chi connectivity index (χ0v) is 14.9. The molecule has 0 aromatic heterocycles. The second-order valence-corrected chi connectivity index (χ2v) is 9.06. The van der Waals surface area contributed by atoms with Crippen LogP contribution in [-0.2, 0) is 0 Å². The molecule has 1 saturated heterocycles. The molecule has 2 saturated carbocycles. The van der Waals surface area contributed by atoms with Gasteiger partial charge in [-0.05, 0) is 38.4 Å². The van der Waals surface area contributed by atoms with Gasteiger partial charge in [-0.1, -0.05) is 39.0 Å². The summed E-state index contributed by atoms with van der Waals surface area (Å²) in [7, 11) is 0. The Balaban J connectivity index is 1.70. The van der Waals surface area contributed by atoms with Crippen molar-refractivity contribution in [2.45, 2.75) is 87.5 Å². The normalized spacial score (nSPS) is 32.6. The van der Waals surface area contributed by atoms with Crippen LogP contribution in [0.3, 0.4) is 0 Å². The van der Waals surface area contributed by atoms with Crippen LogP contribution in [-0.4, -0.2) is 47.1 Å². The van der Waals surface area contributed by atoms with E-state index < -0.39 is 0 Å². The van der Waals surface area contributed by atoms with Crippen LogP contribution in [0.25, 0.3) is 0 Å². The summed E-state index contributed by atoms with van der Waals surface area (Å²) in [5.41, 5.74) is 0.460. The van der Waals surface area contributed by atoms with Crippen molar-refractivity contribution >= 4 is 11.8 Å². The van der Waals surface area contributed by atoms with Crippen molar-refractivity contribution in [2.24, 2.45) is 0 Å². The molecule has 0 radical (unpaired) electrons. The van der Waals surface area contributed by atoms with E-state index in [0.29, 0.717) is 10.3 Å². The van der Waals surface area contributed by atoms with Crippen LogP contribution in [0.15, 0.2) is 0 Å². The molecule has 3 heteroatoms. The van der Waals surface area contributed by atoms with Gasteiger partial charge in [-0.3, -0.25) is 4.90 Å². The predicted molar refractivity (Wildman–Crippen MR) is 94.2 cm³/mol. The maximum atomic E-state index is 3.97. The molecule has 1 unspecified atom stereocenters. The van der Waals surface area contributed by atoms with E-state index in [1.54, 1.807) is 0 Å². The highest BCUT2D eigenvalue weighted by Crippen LogP contribution is 2.42. The summed E-state index contributed by atoms with van der Waals surface area (Å²) in [6.07, 6.45) is 16.6. The predicted octanol–water partition coefficient (Wildman–Crippen LogP) is 4.05. The largest absolute Gasteiger partial charge is 0.308 e. The van der Waals surface area contributed by atoms with Crippen molar-refractivity contribution in [3.8, 4) is 0 Å². The first-order valence-corrected chi connectivity index (χ1v) is 10.5. The zero-order chi connectivity index (χ0) is 14.8. The lowest BCUT2D eigenvalue weighted by Gasteiger charge is -2.51. The molecule has 122 valence electrons. The van der Waals surface area contributed by atoms with E-state index in [1.165, 1.54) is 83.8 Å². The van der Waals surface area contributed by atoms with Crippen LogP contribution in [0.2, 0.25) is 0 Å². The number of nitrogens with one attached hydrogen (secondary N) is 1. The number of rotatable bonds is 4. The van der Waals surface area contributed by atoms with E-state index in [-0.39, 0.29) is 0 Å². The molecule has 1 N–H and O–H groups in total. The topological polar surface area (TPSA) is 15.3 Å². The maximum Gasteiger partial charge on any atom is 0.0309 e. The molecular weight excluding hydrogens is 276 g/mol. The van der Waals surface area contributed by atoms with Crippen LogP contribution < -0.4 is 5.32 Å². The quantitative estimate of drug-likeness (QED) is 0.843. The second-order valence-electron chi connectivity index (χ2n) is 7.78. The van der Waals surface area contributed by atoms with E-state index >= 15 is 0 Å². The molecule has 0 aromatic carbocycles. The molecule has 21 heavy (non-hydrogen) atoms. The molecule has 3 fully saturated rings. The fourth-order valence-electron chi connectivity index (χ4n) is 5.00. The summed E-state index contributed by atoms with van der Waals surface area (Å²) in [5.74, 6) is 0. The van der Waals surface area contributed by atoms with E-state index in [2.05, 4.69) is 35.2 Å². The molecule has 1 atom stereocenters. The van der Waals surface area contributed by atoms with Crippen molar-refractivity contribution in [3.05, 3.63) is 0 Å². The van der Waals surface area contributed by atoms with Crippen molar-refractivity contribution in [3.63, 3.8) is 0 Å². The zero-order valence-electron chi connectivity index (χ0n) is 14.1. The Morgan fingerprint density at radius 2 is 1.71 bits per heavy atom. The highest BCUT2D eigenvalue weighted by molar-refractivity contribution is 8.00. The summed E-state index contributed by atoms with van der Waals surface area (Å²) >= 11 is 2.16. The molecule has 0 aromatic rings. The lowest BCUT2D eigenvalue weighted by atomic mass is 9.79. The lowest BCUT2D eigenvalue weighted by Crippen LogP contribution is -2.66. The summed E-state index contributed by atoms with van der Waals surface area (Å²) in [4.78, 5) is 2.89. The lowest BCUT2D eigenvalue weighted by molar-refractivity contribution is 0.0472. The van der Waals surface area contributed by atoms with Gasteiger partial charge in [-0.15, -0.1) is 0 Å². The van der Waals surface area contributed by atoms with Gasteiger partial charge in [0.05, 0.1) is 0 Å². The molecule has 2 aliphatic carbocycles. The number of nitrogens with zero attached hydrogens (tertiary/aromatic N) is 1. The summed E-state index contributed by atoms with van der Waals surface area (Å²) < 4.78 is 0.570. The first kappa shape index (κ1) is 16.1. The Bertz CT molecular complexity index is 332. The molecule has 1 aliphatic heterocycles. The van der Waals surface area contributed by atoms with Gasteiger partial charge in [0, 0.05) is 36.0 Å². The van der Waals surface area contributed by atoms with Crippen LogP contribution in [0.4, 0.5) is 0 Å².